The van der Waals surface area contributed by atoms with Crippen LogP contribution < -0.4 is 0 Å². The maximum atomic E-state index is 13.0. The van der Waals surface area contributed by atoms with E-state index < -0.39 is 34.9 Å². The Morgan fingerprint density at radius 2 is 1.05 bits per heavy atom. The summed E-state index contributed by atoms with van der Waals surface area (Å²) in [6.07, 6.45) is -10.2. The lowest BCUT2D eigenvalue weighted by Crippen LogP contribution is -2.24. The first-order valence-electron chi connectivity index (χ1n) is 6.27. The van der Waals surface area contributed by atoms with E-state index in [4.69, 9.17) is 0 Å². The average Bonchev–Trinajstić information content (AvgIpc) is 2.41. The van der Waals surface area contributed by atoms with Crippen LogP contribution in [0.15, 0.2) is 24.3 Å². The van der Waals surface area contributed by atoms with Crippen molar-refractivity contribution in [2.24, 2.45) is 0 Å². The molecule has 2 aromatic rings. The van der Waals surface area contributed by atoms with Gasteiger partial charge in [0.05, 0.1) is 0 Å². The number of hydrogen-bond acceptors (Lipinski definition) is 2. The van der Waals surface area contributed by atoms with Crippen molar-refractivity contribution in [3.63, 3.8) is 0 Å². The number of alkyl halides is 6. The Kier molecular flexibility index (Phi) is 3.15. The summed E-state index contributed by atoms with van der Waals surface area (Å²) >= 11 is 0. The van der Waals surface area contributed by atoms with Gasteiger partial charge in [-0.25, -0.2) is 0 Å². The van der Waals surface area contributed by atoms with Crippen molar-refractivity contribution >= 4 is 0 Å². The van der Waals surface area contributed by atoms with E-state index in [0.29, 0.717) is 11.1 Å². The molecule has 8 heteroatoms. The fourth-order valence-corrected chi connectivity index (χ4v) is 2.63. The summed E-state index contributed by atoms with van der Waals surface area (Å²) in [5, 5.41) is 5.62. The molecule has 0 unspecified atom stereocenters. The van der Waals surface area contributed by atoms with Gasteiger partial charge in [-0.15, -0.1) is 10.2 Å². The quantitative estimate of drug-likeness (QED) is 0.585. The summed E-state index contributed by atoms with van der Waals surface area (Å²) in [5.41, 5.74) is -2.42. The minimum atomic E-state index is -4.84. The number of nitrogens with zero attached hydrogens (tertiary/aromatic N) is 2. The molecule has 1 aliphatic carbocycles. The summed E-state index contributed by atoms with van der Waals surface area (Å²) in [7, 11) is 0. The second-order valence-electron chi connectivity index (χ2n) is 4.97. The molecule has 0 N–H and O–H groups in total. The Morgan fingerprint density at radius 3 is 1.36 bits per heavy atom. The third kappa shape index (κ3) is 2.42. The minimum absolute atomic E-state index is 0.237. The van der Waals surface area contributed by atoms with Crippen molar-refractivity contribution in [3.05, 3.63) is 57.9 Å². The lowest BCUT2D eigenvalue weighted by Gasteiger charge is -2.24. The fourth-order valence-electron chi connectivity index (χ4n) is 2.63. The molecule has 0 spiro atoms. The molecule has 1 heterocycles. The van der Waals surface area contributed by atoms with Gasteiger partial charge in [-0.2, -0.15) is 26.3 Å². The molecule has 0 saturated carbocycles. The number of rotatable bonds is 0. The van der Waals surface area contributed by atoms with Crippen LogP contribution in [0, 0.1) is 0 Å². The highest BCUT2D eigenvalue weighted by atomic mass is 19.4. The van der Waals surface area contributed by atoms with Crippen LogP contribution in [0.5, 0.6) is 0 Å². The third-order valence-corrected chi connectivity index (χ3v) is 3.58. The maximum Gasteiger partial charge on any atom is 0.435 e. The van der Waals surface area contributed by atoms with Gasteiger partial charge >= 0.3 is 12.4 Å². The highest BCUT2D eigenvalue weighted by Crippen LogP contribution is 2.41. The van der Waals surface area contributed by atoms with Gasteiger partial charge in [0.15, 0.2) is 11.4 Å². The van der Waals surface area contributed by atoms with E-state index in [2.05, 4.69) is 10.2 Å². The van der Waals surface area contributed by atoms with Gasteiger partial charge in [0.1, 0.15) is 0 Å². The Labute approximate surface area is 120 Å². The average molecular weight is 318 g/mol. The summed E-state index contributed by atoms with van der Waals surface area (Å²) in [6, 6.07) is 6.48. The molecule has 1 aliphatic rings. The molecule has 0 amide bonds. The molecule has 22 heavy (non-hydrogen) atoms. The monoisotopic (exact) mass is 318 g/mol. The summed E-state index contributed by atoms with van der Waals surface area (Å²) in [4.78, 5) is 0. The van der Waals surface area contributed by atoms with Gasteiger partial charge in [0.2, 0.25) is 0 Å². The van der Waals surface area contributed by atoms with Crippen LogP contribution in [-0.2, 0) is 25.2 Å². The second-order valence-corrected chi connectivity index (χ2v) is 4.97. The number of aromatic nitrogens is 2. The van der Waals surface area contributed by atoms with Gasteiger partial charge in [-0.05, 0) is 22.3 Å². The van der Waals surface area contributed by atoms with Gasteiger partial charge in [-0.1, -0.05) is 24.3 Å². The summed E-state index contributed by atoms with van der Waals surface area (Å²) < 4.78 is 78.0. The number of hydrogen-bond donors (Lipinski definition) is 0. The molecule has 116 valence electrons. The largest absolute Gasteiger partial charge is 0.435 e. The highest BCUT2D eigenvalue weighted by molar-refractivity contribution is 5.49. The molecule has 2 nitrogen and oxygen atoms in total. The van der Waals surface area contributed by atoms with E-state index in [1.54, 1.807) is 24.3 Å². The minimum Gasteiger partial charge on any atom is -0.164 e. The van der Waals surface area contributed by atoms with Gasteiger partial charge in [-0.3, -0.25) is 0 Å². The number of benzene rings is 1. The molecule has 1 aromatic heterocycles. The SMILES string of the molecule is FC(F)(F)c1nnc(C(F)(F)F)c2c1Cc1ccccc1C2. The van der Waals surface area contributed by atoms with E-state index in [0.717, 1.165) is 0 Å². The van der Waals surface area contributed by atoms with Gasteiger partial charge in [0, 0.05) is 12.8 Å². The lowest BCUT2D eigenvalue weighted by molar-refractivity contribution is -0.149. The normalized spacial score (nSPS) is 14.5. The van der Waals surface area contributed by atoms with Gasteiger partial charge in [0.25, 0.3) is 0 Å². The third-order valence-electron chi connectivity index (χ3n) is 3.58. The van der Waals surface area contributed by atoms with E-state index >= 15 is 0 Å². The van der Waals surface area contributed by atoms with E-state index in [-0.39, 0.29) is 12.8 Å². The molecule has 0 saturated heterocycles. The smallest absolute Gasteiger partial charge is 0.164 e. The van der Waals surface area contributed by atoms with Crippen LogP contribution in [0.4, 0.5) is 26.3 Å². The van der Waals surface area contributed by atoms with Crippen LogP contribution in [0.2, 0.25) is 0 Å². The van der Waals surface area contributed by atoms with Crippen molar-refractivity contribution in [2.45, 2.75) is 25.2 Å². The first-order chi connectivity index (χ1) is 10.2. The number of halogens is 6. The standard InChI is InChI=1S/C14H8F6N2/c15-13(16,17)11-9-5-7-3-1-2-4-8(7)6-10(9)12(22-21-11)14(18,19)20/h1-4H,5-6H2. The predicted molar refractivity (Wildman–Crippen MR) is 64.1 cm³/mol. The Bertz CT molecular complexity index is 671. The molecule has 0 atom stereocenters. The molecule has 0 fully saturated rings. The Morgan fingerprint density at radius 1 is 0.682 bits per heavy atom. The van der Waals surface area contributed by atoms with Crippen molar-refractivity contribution in [2.75, 3.05) is 0 Å². The Balaban J connectivity index is 2.24. The lowest BCUT2D eigenvalue weighted by atomic mass is 9.84. The fraction of sp³-hybridized carbons (Fsp3) is 0.286. The number of fused-ring (bicyclic) bond motifs is 2. The van der Waals surface area contributed by atoms with E-state index in [1.165, 1.54) is 0 Å². The van der Waals surface area contributed by atoms with Crippen LogP contribution in [0.3, 0.4) is 0 Å². The zero-order chi connectivity index (χ0) is 16.1. The summed E-state index contributed by atoms with van der Waals surface area (Å²) in [6.45, 7) is 0. The van der Waals surface area contributed by atoms with Gasteiger partial charge < -0.3 is 0 Å². The Hall–Kier alpha value is -2.12. The zero-order valence-corrected chi connectivity index (χ0v) is 10.9. The van der Waals surface area contributed by atoms with Crippen molar-refractivity contribution in [1.29, 1.82) is 0 Å². The van der Waals surface area contributed by atoms with Crippen LogP contribution >= 0.6 is 0 Å². The zero-order valence-electron chi connectivity index (χ0n) is 10.9. The van der Waals surface area contributed by atoms with E-state index in [1.807, 2.05) is 0 Å². The topological polar surface area (TPSA) is 25.8 Å². The first-order valence-corrected chi connectivity index (χ1v) is 6.27. The predicted octanol–water partition coefficient (Wildman–Crippen LogP) is 4.01. The highest BCUT2D eigenvalue weighted by Gasteiger charge is 2.43. The van der Waals surface area contributed by atoms with Crippen molar-refractivity contribution in [1.82, 2.24) is 10.2 Å². The van der Waals surface area contributed by atoms with Crippen LogP contribution in [0.25, 0.3) is 0 Å². The molecule has 0 radical (unpaired) electrons. The second kappa shape index (κ2) is 4.69. The first kappa shape index (κ1) is 14.8. The van der Waals surface area contributed by atoms with Crippen molar-refractivity contribution < 1.29 is 26.3 Å². The van der Waals surface area contributed by atoms with Crippen LogP contribution in [-0.4, -0.2) is 10.2 Å². The molecule has 3 rings (SSSR count). The molecule has 0 aliphatic heterocycles. The molecular weight excluding hydrogens is 310 g/mol. The molecular formula is C14H8F6N2. The van der Waals surface area contributed by atoms with Crippen LogP contribution in [0.1, 0.15) is 33.6 Å². The van der Waals surface area contributed by atoms with E-state index in [9.17, 15) is 26.3 Å². The molecule has 1 aromatic carbocycles. The van der Waals surface area contributed by atoms with Crippen molar-refractivity contribution in [3.8, 4) is 0 Å². The maximum absolute atomic E-state index is 13.0. The summed E-state index contributed by atoms with van der Waals surface area (Å²) in [5.74, 6) is 0. The molecule has 0 bridgehead atoms.